The van der Waals surface area contributed by atoms with Crippen molar-refractivity contribution in [3.63, 3.8) is 0 Å². The first-order valence-electron chi connectivity index (χ1n) is 2.14. The number of hydrogen-bond donors (Lipinski definition) is 1. The molecule has 2 N–H and O–H groups in total. The van der Waals surface area contributed by atoms with Crippen molar-refractivity contribution in [2.75, 3.05) is 0 Å². The van der Waals surface area contributed by atoms with Crippen molar-refractivity contribution in [2.24, 2.45) is 5.73 Å². The summed E-state index contributed by atoms with van der Waals surface area (Å²) in [4.78, 5) is 0. The van der Waals surface area contributed by atoms with Crippen molar-refractivity contribution < 1.29 is 0 Å². The zero-order valence-electron chi connectivity index (χ0n) is 4.55. The summed E-state index contributed by atoms with van der Waals surface area (Å²) in [5.41, 5.74) is 5.33. The van der Waals surface area contributed by atoms with Gasteiger partial charge in [-0.25, -0.2) is 0 Å². The quantitative estimate of drug-likeness (QED) is 0.548. The van der Waals surface area contributed by atoms with Gasteiger partial charge in [0.25, 0.3) is 0 Å². The van der Waals surface area contributed by atoms with E-state index in [0.29, 0.717) is 0 Å². The summed E-state index contributed by atoms with van der Waals surface area (Å²) < 4.78 is 0. The average Bonchev–Trinajstić information content (AvgIpc) is 1.35. The van der Waals surface area contributed by atoms with Gasteiger partial charge in [-0.2, -0.15) is 0 Å². The molecule has 0 aromatic carbocycles. The van der Waals surface area contributed by atoms with Crippen molar-refractivity contribution in [1.82, 2.24) is 0 Å². The van der Waals surface area contributed by atoms with Gasteiger partial charge in [-0.15, -0.1) is 19.0 Å². The monoisotopic (exact) mass is 121 g/mol. The number of nitrogens with two attached hydrogens (primary N) is 1. The van der Waals surface area contributed by atoms with E-state index in [4.69, 9.17) is 5.73 Å². The first-order valence-corrected chi connectivity index (χ1v) is 2.14. The summed E-state index contributed by atoms with van der Waals surface area (Å²) in [6.07, 6.45) is 2.74. The topological polar surface area (TPSA) is 26.0 Å². The minimum atomic E-state index is 0. The van der Waals surface area contributed by atoms with Gasteiger partial charge in [0.2, 0.25) is 0 Å². The van der Waals surface area contributed by atoms with Gasteiger partial charge in [0.1, 0.15) is 0 Å². The lowest BCUT2D eigenvalue weighted by Crippen LogP contribution is -2.12. The largest absolute Gasteiger partial charge is 0.328 e. The molecular formula is C5H12ClN. The lowest BCUT2D eigenvalue weighted by molar-refractivity contribution is 0.758. The van der Waals surface area contributed by atoms with Gasteiger partial charge in [-0.05, 0) is 13.3 Å². The minimum Gasteiger partial charge on any atom is -0.328 e. The molecule has 0 saturated carbocycles. The van der Waals surface area contributed by atoms with E-state index in [1.165, 1.54) is 0 Å². The van der Waals surface area contributed by atoms with Gasteiger partial charge in [0.15, 0.2) is 0 Å². The highest BCUT2D eigenvalue weighted by Crippen LogP contribution is 1.82. The zero-order chi connectivity index (χ0) is 4.99. The molecule has 0 aromatic rings. The Labute approximate surface area is 51.0 Å². The van der Waals surface area contributed by atoms with Crippen LogP contribution >= 0.6 is 12.4 Å². The highest BCUT2D eigenvalue weighted by Gasteiger charge is 1.82. The van der Waals surface area contributed by atoms with Gasteiger partial charge in [-0.1, -0.05) is 6.08 Å². The van der Waals surface area contributed by atoms with Gasteiger partial charge < -0.3 is 5.73 Å². The van der Waals surface area contributed by atoms with Crippen LogP contribution in [0.25, 0.3) is 0 Å². The normalized spacial score (nSPS) is 11.7. The summed E-state index contributed by atoms with van der Waals surface area (Å²) >= 11 is 0. The molecular weight excluding hydrogens is 110 g/mol. The molecule has 0 heterocycles. The van der Waals surface area contributed by atoms with Crippen molar-refractivity contribution in [3.05, 3.63) is 12.7 Å². The third-order valence-corrected chi connectivity index (χ3v) is 0.538. The van der Waals surface area contributed by atoms with E-state index in [-0.39, 0.29) is 18.4 Å². The fraction of sp³-hybridized carbons (Fsp3) is 0.600. The number of halogens is 1. The molecule has 0 aliphatic heterocycles. The summed E-state index contributed by atoms with van der Waals surface area (Å²) in [6.45, 7) is 5.48. The molecule has 7 heavy (non-hydrogen) atoms. The Kier molecular flexibility index (Phi) is 8.62. The molecule has 0 spiro atoms. The van der Waals surface area contributed by atoms with Crippen LogP contribution in [0.4, 0.5) is 0 Å². The van der Waals surface area contributed by atoms with Crippen LogP contribution in [0, 0.1) is 0 Å². The van der Waals surface area contributed by atoms with Gasteiger partial charge >= 0.3 is 0 Å². The van der Waals surface area contributed by atoms with Crippen LogP contribution in [0.3, 0.4) is 0 Å². The van der Waals surface area contributed by atoms with E-state index in [1.807, 2.05) is 13.0 Å². The summed E-state index contributed by atoms with van der Waals surface area (Å²) in [7, 11) is 0. The predicted octanol–water partition coefficient (Wildman–Crippen LogP) is 1.33. The van der Waals surface area contributed by atoms with Crippen LogP contribution < -0.4 is 5.73 Å². The SMILES string of the molecule is C=CC[C@@H](C)N.Cl. The van der Waals surface area contributed by atoms with Crippen LogP contribution in [0.15, 0.2) is 12.7 Å². The average molecular weight is 122 g/mol. The Morgan fingerprint density at radius 3 is 2.29 bits per heavy atom. The molecule has 1 atom stereocenters. The van der Waals surface area contributed by atoms with Gasteiger partial charge in [0, 0.05) is 6.04 Å². The van der Waals surface area contributed by atoms with Crippen molar-refractivity contribution >= 4 is 12.4 Å². The summed E-state index contributed by atoms with van der Waals surface area (Å²) in [5, 5.41) is 0. The standard InChI is InChI=1S/C5H11N.ClH/c1-3-4-5(2)6;/h3,5H,1,4,6H2,2H3;1H/t5-;/m1./s1. The van der Waals surface area contributed by atoms with Crippen LogP contribution in [-0.2, 0) is 0 Å². The lowest BCUT2D eigenvalue weighted by Gasteiger charge is -1.93. The molecule has 0 aliphatic rings. The maximum absolute atomic E-state index is 5.33. The Morgan fingerprint density at radius 2 is 2.29 bits per heavy atom. The molecule has 0 unspecified atom stereocenters. The molecule has 1 nitrogen and oxygen atoms in total. The maximum Gasteiger partial charge on any atom is 0.00449 e. The molecule has 0 fully saturated rings. The third kappa shape index (κ3) is 10.7. The van der Waals surface area contributed by atoms with Crippen LogP contribution in [0.1, 0.15) is 13.3 Å². The van der Waals surface area contributed by atoms with E-state index in [2.05, 4.69) is 6.58 Å². The second kappa shape index (κ2) is 5.99. The Bertz CT molecular complexity index is 43.3. The molecule has 0 amide bonds. The van der Waals surface area contributed by atoms with Crippen LogP contribution in [-0.4, -0.2) is 6.04 Å². The second-order valence-corrected chi connectivity index (χ2v) is 1.50. The third-order valence-electron chi connectivity index (χ3n) is 0.538. The first-order chi connectivity index (χ1) is 2.77. The van der Waals surface area contributed by atoms with Gasteiger partial charge in [-0.3, -0.25) is 0 Å². The van der Waals surface area contributed by atoms with E-state index in [9.17, 15) is 0 Å². The van der Waals surface area contributed by atoms with E-state index < -0.39 is 0 Å². The number of rotatable bonds is 2. The van der Waals surface area contributed by atoms with Crippen molar-refractivity contribution in [2.45, 2.75) is 19.4 Å². The maximum atomic E-state index is 5.33. The molecule has 0 aliphatic carbocycles. The Morgan fingerprint density at radius 1 is 1.86 bits per heavy atom. The van der Waals surface area contributed by atoms with Crippen molar-refractivity contribution in [1.29, 1.82) is 0 Å². The number of hydrogen-bond acceptors (Lipinski definition) is 1. The Balaban J connectivity index is 0. The molecule has 2 heteroatoms. The molecule has 44 valence electrons. The molecule has 0 saturated heterocycles. The molecule has 0 radical (unpaired) electrons. The zero-order valence-corrected chi connectivity index (χ0v) is 5.37. The second-order valence-electron chi connectivity index (χ2n) is 1.50. The fourth-order valence-corrected chi connectivity index (χ4v) is 0.263. The fourth-order valence-electron chi connectivity index (χ4n) is 0.263. The van der Waals surface area contributed by atoms with Crippen LogP contribution in [0.5, 0.6) is 0 Å². The first kappa shape index (κ1) is 10.1. The predicted molar refractivity (Wildman–Crippen MR) is 35.7 cm³/mol. The smallest absolute Gasteiger partial charge is 0.00449 e. The molecule has 0 rings (SSSR count). The molecule has 0 aromatic heterocycles. The van der Waals surface area contributed by atoms with Crippen LogP contribution in [0.2, 0.25) is 0 Å². The lowest BCUT2D eigenvalue weighted by atomic mass is 10.3. The summed E-state index contributed by atoms with van der Waals surface area (Å²) in [6, 6.07) is 0.280. The van der Waals surface area contributed by atoms with E-state index in [0.717, 1.165) is 6.42 Å². The highest BCUT2D eigenvalue weighted by atomic mass is 35.5. The van der Waals surface area contributed by atoms with E-state index in [1.54, 1.807) is 0 Å². The Hall–Kier alpha value is -0.0100. The van der Waals surface area contributed by atoms with Gasteiger partial charge in [0.05, 0.1) is 0 Å². The highest BCUT2D eigenvalue weighted by molar-refractivity contribution is 5.85. The van der Waals surface area contributed by atoms with E-state index >= 15 is 0 Å². The van der Waals surface area contributed by atoms with Crippen molar-refractivity contribution in [3.8, 4) is 0 Å². The molecule has 0 bridgehead atoms. The minimum absolute atomic E-state index is 0. The summed E-state index contributed by atoms with van der Waals surface area (Å²) in [5.74, 6) is 0.